The van der Waals surface area contributed by atoms with E-state index in [4.69, 9.17) is 5.73 Å². The van der Waals surface area contributed by atoms with Crippen LogP contribution in [0.25, 0.3) is 0 Å². The first kappa shape index (κ1) is 13.1. The predicted molar refractivity (Wildman–Crippen MR) is 77.9 cm³/mol. The van der Waals surface area contributed by atoms with Gasteiger partial charge >= 0.3 is 0 Å². The van der Waals surface area contributed by atoms with Gasteiger partial charge in [-0.05, 0) is 31.0 Å². The Labute approximate surface area is 112 Å². The standard InChI is InChI=1S/C14H19N3S/c1-10-9-18-14(17-10)6-7-16-8-12-4-3-5-13(15)11(12)2/h3-5,9,16H,6-8,15H2,1-2H3. The minimum absolute atomic E-state index is 0.862. The highest BCUT2D eigenvalue weighted by Crippen LogP contribution is 2.15. The van der Waals surface area contributed by atoms with Gasteiger partial charge in [0.15, 0.2) is 0 Å². The molecule has 0 saturated heterocycles. The summed E-state index contributed by atoms with van der Waals surface area (Å²) in [5, 5.41) is 6.73. The van der Waals surface area contributed by atoms with Crippen molar-refractivity contribution in [1.82, 2.24) is 10.3 Å². The number of nitrogen functional groups attached to an aromatic ring is 1. The fourth-order valence-electron chi connectivity index (χ4n) is 1.83. The molecular formula is C14H19N3S. The number of aromatic nitrogens is 1. The monoisotopic (exact) mass is 261 g/mol. The molecule has 0 aliphatic heterocycles. The molecule has 96 valence electrons. The van der Waals surface area contributed by atoms with Crippen molar-refractivity contribution in [1.29, 1.82) is 0 Å². The number of anilines is 1. The van der Waals surface area contributed by atoms with Gasteiger partial charge in [0.05, 0.1) is 5.01 Å². The van der Waals surface area contributed by atoms with Gasteiger partial charge in [-0.25, -0.2) is 4.98 Å². The summed E-state index contributed by atoms with van der Waals surface area (Å²) in [4.78, 5) is 4.45. The number of rotatable bonds is 5. The van der Waals surface area contributed by atoms with E-state index in [0.717, 1.165) is 30.9 Å². The summed E-state index contributed by atoms with van der Waals surface area (Å²) in [6.07, 6.45) is 0.986. The fourth-order valence-corrected chi connectivity index (χ4v) is 2.61. The molecule has 0 bridgehead atoms. The highest BCUT2D eigenvalue weighted by molar-refractivity contribution is 7.09. The average molecular weight is 261 g/mol. The summed E-state index contributed by atoms with van der Waals surface area (Å²) < 4.78 is 0. The summed E-state index contributed by atoms with van der Waals surface area (Å²) in [5.41, 5.74) is 10.3. The van der Waals surface area contributed by atoms with Crippen molar-refractivity contribution in [3.63, 3.8) is 0 Å². The molecule has 0 fully saturated rings. The van der Waals surface area contributed by atoms with Gasteiger partial charge in [-0.2, -0.15) is 0 Å². The van der Waals surface area contributed by atoms with Crippen LogP contribution in [-0.2, 0) is 13.0 Å². The number of hydrogen-bond acceptors (Lipinski definition) is 4. The van der Waals surface area contributed by atoms with Crippen LogP contribution < -0.4 is 11.1 Å². The SMILES string of the molecule is Cc1csc(CCNCc2cccc(N)c2C)n1. The Bertz CT molecular complexity index is 520. The van der Waals surface area contributed by atoms with Crippen LogP contribution in [0.15, 0.2) is 23.6 Å². The molecule has 18 heavy (non-hydrogen) atoms. The number of nitrogens with two attached hydrogens (primary N) is 1. The molecule has 0 unspecified atom stereocenters. The molecule has 4 heteroatoms. The lowest BCUT2D eigenvalue weighted by Crippen LogP contribution is -2.17. The van der Waals surface area contributed by atoms with Gasteiger partial charge in [0, 0.05) is 36.3 Å². The van der Waals surface area contributed by atoms with Crippen LogP contribution in [0.3, 0.4) is 0 Å². The van der Waals surface area contributed by atoms with Crippen molar-refractivity contribution in [3.05, 3.63) is 45.4 Å². The molecule has 3 nitrogen and oxygen atoms in total. The molecule has 1 heterocycles. The zero-order valence-electron chi connectivity index (χ0n) is 10.9. The molecular weight excluding hydrogens is 242 g/mol. The lowest BCUT2D eigenvalue weighted by Gasteiger charge is -2.09. The number of nitrogens with one attached hydrogen (secondary N) is 1. The van der Waals surface area contributed by atoms with Crippen LogP contribution in [0.1, 0.15) is 21.8 Å². The number of thiazole rings is 1. The number of hydrogen-bond donors (Lipinski definition) is 2. The molecule has 0 atom stereocenters. The lowest BCUT2D eigenvalue weighted by atomic mass is 10.1. The van der Waals surface area contributed by atoms with Crippen LogP contribution in [0.4, 0.5) is 5.69 Å². The molecule has 2 rings (SSSR count). The third-order valence-electron chi connectivity index (χ3n) is 2.99. The van der Waals surface area contributed by atoms with E-state index in [9.17, 15) is 0 Å². The molecule has 1 aromatic carbocycles. The van der Waals surface area contributed by atoms with Gasteiger partial charge in [0.2, 0.25) is 0 Å². The Morgan fingerprint density at radius 1 is 1.33 bits per heavy atom. The highest BCUT2D eigenvalue weighted by atomic mass is 32.1. The first-order valence-electron chi connectivity index (χ1n) is 6.12. The van der Waals surface area contributed by atoms with Gasteiger partial charge < -0.3 is 11.1 Å². The molecule has 0 amide bonds. The number of aryl methyl sites for hydroxylation is 1. The topological polar surface area (TPSA) is 50.9 Å². The van der Waals surface area contributed by atoms with Gasteiger partial charge in [-0.1, -0.05) is 12.1 Å². The normalized spacial score (nSPS) is 10.8. The average Bonchev–Trinajstić information content (AvgIpc) is 2.76. The summed E-state index contributed by atoms with van der Waals surface area (Å²) in [7, 11) is 0. The molecule has 0 saturated carbocycles. The quantitative estimate of drug-likeness (QED) is 0.642. The second-order valence-electron chi connectivity index (χ2n) is 4.44. The van der Waals surface area contributed by atoms with Crippen molar-refractivity contribution in [2.45, 2.75) is 26.8 Å². The third-order valence-corrected chi connectivity index (χ3v) is 4.01. The van der Waals surface area contributed by atoms with Gasteiger partial charge in [0.1, 0.15) is 0 Å². The molecule has 0 aliphatic rings. The molecule has 0 radical (unpaired) electrons. The van der Waals surface area contributed by atoms with Crippen molar-refractivity contribution in [3.8, 4) is 0 Å². The van der Waals surface area contributed by atoms with E-state index in [-0.39, 0.29) is 0 Å². The number of benzene rings is 1. The van der Waals surface area contributed by atoms with Crippen molar-refractivity contribution >= 4 is 17.0 Å². The zero-order valence-corrected chi connectivity index (χ0v) is 11.7. The van der Waals surface area contributed by atoms with Gasteiger partial charge in [-0.3, -0.25) is 0 Å². The highest BCUT2D eigenvalue weighted by Gasteiger charge is 2.01. The van der Waals surface area contributed by atoms with Crippen LogP contribution in [0, 0.1) is 13.8 Å². The molecule has 0 aliphatic carbocycles. The Hall–Kier alpha value is -1.39. The summed E-state index contributed by atoms with van der Waals surface area (Å²) in [5.74, 6) is 0. The Morgan fingerprint density at radius 3 is 2.89 bits per heavy atom. The van der Waals surface area contributed by atoms with Crippen molar-refractivity contribution in [2.24, 2.45) is 0 Å². The van der Waals surface area contributed by atoms with Crippen LogP contribution >= 0.6 is 11.3 Å². The van der Waals surface area contributed by atoms with Gasteiger partial charge in [0.25, 0.3) is 0 Å². The smallest absolute Gasteiger partial charge is 0.0940 e. The lowest BCUT2D eigenvalue weighted by molar-refractivity contribution is 0.682. The maximum atomic E-state index is 5.88. The minimum atomic E-state index is 0.862. The summed E-state index contributed by atoms with van der Waals surface area (Å²) >= 11 is 1.73. The molecule has 2 aromatic rings. The van der Waals surface area contributed by atoms with Crippen molar-refractivity contribution < 1.29 is 0 Å². The van der Waals surface area contributed by atoms with E-state index in [1.165, 1.54) is 16.1 Å². The van der Waals surface area contributed by atoms with E-state index >= 15 is 0 Å². The van der Waals surface area contributed by atoms with Gasteiger partial charge in [-0.15, -0.1) is 11.3 Å². The van der Waals surface area contributed by atoms with E-state index in [1.807, 2.05) is 19.1 Å². The summed E-state index contributed by atoms with van der Waals surface area (Å²) in [6.45, 7) is 5.91. The number of nitrogens with zero attached hydrogens (tertiary/aromatic N) is 1. The molecule has 1 aromatic heterocycles. The Balaban J connectivity index is 1.80. The Morgan fingerprint density at radius 2 is 2.17 bits per heavy atom. The largest absolute Gasteiger partial charge is 0.399 e. The second kappa shape index (κ2) is 5.98. The molecule has 0 spiro atoms. The Kier molecular flexibility index (Phi) is 4.33. The first-order chi connectivity index (χ1) is 8.66. The zero-order chi connectivity index (χ0) is 13.0. The van der Waals surface area contributed by atoms with E-state index < -0.39 is 0 Å². The molecule has 3 N–H and O–H groups in total. The second-order valence-corrected chi connectivity index (χ2v) is 5.38. The third kappa shape index (κ3) is 3.31. The van der Waals surface area contributed by atoms with Crippen LogP contribution in [-0.4, -0.2) is 11.5 Å². The van der Waals surface area contributed by atoms with E-state index in [1.54, 1.807) is 11.3 Å². The summed E-state index contributed by atoms with van der Waals surface area (Å²) in [6, 6.07) is 6.06. The maximum Gasteiger partial charge on any atom is 0.0940 e. The maximum absolute atomic E-state index is 5.88. The van der Waals surface area contributed by atoms with E-state index in [2.05, 4.69) is 28.7 Å². The van der Waals surface area contributed by atoms with E-state index in [0.29, 0.717) is 0 Å². The minimum Gasteiger partial charge on any atom is -0.399 e. The van der Waals surface area contributed by atoms with Crippen LogP contribution in [0.2, 0.25) is 0 Å². The van der Waals surface area contributed by atoms with Crippen molar-refractivity contribution in [2.75, 3.05) is 12.3 Å². The predicted octanol–water partition coefficient (Wildman–Crippen LogP) is 2.67. The first-order valence-corrected chi connectivity index (χ1v) is 7.00. The van der Waals surface area contributed by atoms with Crippen LogP contribution in [0.5, 0.6) is 0 Å². The fraction of sp³-hybridized carbons (Fsp3) is 0.357.